The molecular formula is C111H172N4NiO2Pd. The number of aliphatic hydroxyl groups excluding tert-OH is 2. The van der Waals surface area contributed by atoms with E-state index in [0.717, 1.165) is 172 Å². The fourth-order valence-electron chi connectivity index (χ4n) is 15.8. The number of unbranched alkanes of at least 4 members (excludes halogenated alkanes) is 35. The van der Waals surface area contributed by atoms with E-state index in [9.17, 15) is 11.1 Å². The summed E-state index contributed by atoms with van der Waals surface area (Å²) in [6, 6.07) is 54.8. The maximum atomic E-state index is 11.9. The van der Waals surface area contributed by atoms with Crippen molar-refractivity contribution in [2.75, 3.05) is 0 Å². The van der Waals surface area contributed by atoms with E-state index in [0.29, 0.717) is 0 Å². The zero-order chi connectivity index (χ0) is 84.8. The Morgan fingerprint density at radius 2 is 0.412 bits per heavy atom. The third-order valence-electron chi connectivity index (χ3n) is 22.9. The van der Waals surface area contributed by atoms with Crippen LogP contribution in [0.5, 0.6) is 0 Å². The molecule has 0 bridgehead atoms. The van der Waals surface area contributed by atoms with E-state index in [2.05, 4.69) is 180 Å². The minimum atomic E-state index is 0. The van der Waals surface area contributed by atoms with Gasteiger partial charge in [0.15, 0.2) is 0 Å². The molecule has 0 radical (unpaired) electrons. The largest absolute Gasteiger partial charge is 2.00 e. The molecule has 0 unspecified atom stereocenters. The van der Waals surface area contributed by atoms with Crippen LogP contribution in [0.25, 0.3) is 33.9 Å². The second kappa shape index (κ2) is 76.2. The molecule has 2 aliphatic rings. The molecule has 0 saturated heterocycles. The number of rotatable bonds is 57. The molecule has 2 N–H and O–H groups in total. The minimum Gasteiger partial charge on any atom is -0.493 e. The number of hydrogen-bond acceptors (Lipinski definition) is 2. The van der Waals surface area contributed by atoms with Gasteiger partial charge in [0.2, 0.25) is 22.8 Å². The van der Waals surface area contributed by atoms with Crippen molar-refractivity contribution in [2.24, 2.45) is 0 Å². The van der Waals surface area contributed by atoms with Crippen molar-refractivity contribution in [3.05, 3.63) is 261 Å². The number of allylic oxidation sites excluding steroid dienone is 4. The van der Waals surface area contributed by atoms with Gasteiger partial charge in [0, 0.05) is 61.0 Å². The predicted molar refractivity (Wildman–Crippen MR) is 514 cm³/mol. The number of aliphatic hydroxyl groups is 2. The quantitative estimate of drug-likeness (QED) is 0.0172. The zero-order valence-corrected chi connectivity index (χ0v) is 80.2. The van der Waals surface area contributed by atoms with E-state index in [1.165, 1.54) is 269 Å². The molecule has 0 amide bonds. The molecular weight excluding hydrogens is 1590 g/mol. The van der Waals surface area contributed by atoms with Crippen molar-refractivity contribution in [3.8, 4) is 0 Å². The van der Waals surface area contributed by atoms with Gasteiger partial charge in [-0.15, -0.1) is 0 Å². The molecule has 6 aromatic rings. The first-order valence-electron chi connectivity index (χ1n) is 48.6. The van der Waals surface area contributed by atoms with Crippen LogP contribution in [0.15, 0.2) is 180 Å². The topological polar surface area (TPSA) is 91.1 Å². The molecule has 0 atom stereocenters. The van der Waals surface area contributed by atoms with Crippen molar-refractivity contribution in [2.45, 2.75) is 423 Å². The van der Waals surface area contributed by atoms with Gasteiger partial charge in [0.25, 0.3) is 0 Å². The van der Waals surface area contributed by atoms with Crippen molar-refractivity contribution >= 4 is 22.8 Å². The van der Waals surface area contributed by atoms with Gasteiger partial charge in [0.05, 0.1) is 13.2 Å². The fraction of sp³-hybridized carbons (Fsp3) is 0.586. The molecule has 668 valence electrons. The Bertz CT molecular complexity index is 3520. The summed E-state index contributed by atoms with van der Waals surface area (Å²) in [7, 11) is 0. The van der Waals surface area contributed by atoms with E-state index in [-0.39, 0.29) is 50.1 Å². The van der Waals surface area contributed by atoms with Gasteiger partial charge < -0.3 is 35.1 Å². The second-order valence-corrected chi connectivity index (χ2v) is 33.4. The van der Waals surface area contributed by atoms with E-state index >= 15 is 0 Å². The summed E-state index contributed by atoms with van der Waals surface area (Å²) in [4.78, 5) is 0. The monoisotopic (exact) mass is 1760 g/mol. The SMILES string of the molecule is CCCCCCCCc1cccc(C2=C(CCCC)C(CCCC)=C(c3cccc(CCCC)c3)[N+]2=[N-])c1.CCCCCc1cccc(C2=C(CCCC)C(CCCC)=C(c3cccc(CCCC)c3)[N+]2=[N-])c1.OCc1ccccc1.OCc1ccccc1.[CH2-]CCCCCCCCCCCCC.[CH2-]CCCCCCCCCCCCC.[Ni].[Pd+2]. The van der Waals surface area contributed by atoms with Gasteiger partial charge in [-0.25, -0.2) is 9.39 Å². The summed E-state index contributed by atoms with van der Waals surface area (Å²) in [5, 5.41) is 17.1. The van der Waals surface area contributed by atoms with Crippen molar-refractivity contribution < 1.29 is 56.5 Å². The summed E-state index contributed by atoms with van der Waals surface area (Å²) < 4.78 is 3.10. The number of nitrogens with zero attached hydrogens (tertiary/aromatic N) is 4. The Hall–Kier alpha value is -5.44. The van der Waals surface area contributed by atoms with Crippen LogP contribution in [0, 0.1) is 13.8 Å². The normalized spacial score (nSPS) is 12.2. The first-order valence-corrected chi connectivity index (χ1v) is 48.6. The summed E-state index contributed by atoms with van der Waals surface area (Å²) >= 11 is 0. The number of benzene rings is 6. The van der Waals surface area contributed by atoms with Gasteiger partial charge in [-0.05, 0) is 185 Å². The van der Waals surface area contributed by atoms with Crippen molar-refractivity contribution in [1.82, 2.24) is 0 Å². The van der Waals surface area contributed by atoms with Gasteiger partial charge in [0.1, 0.15) is 0 Å². The van der Waals surface area contributed by atoms with E-state index in [4.69, 9.17) is 10.2 Å². The maximum Gasteiger partial charge on any atom is 2.00 e. The first-order chi connectivity index (χ1) is 57.5. The molecule has 2 heterocycles. The first kappa shape index (κ1) is 112. The molecule has 8 rings (SSSR count). The third kappa shape index (κ3) is 47.9. The average Bonchev–Trinajstić information content (AvgIpc) is 1.61. The van der Waals surface area contributed by atoms with Crippen LogP contribution in [0.2, 0.25) is 0 Å². The standard InChI is InChI=1S/C36H52N2.C33H46N2.2C14H29.2C7H8O.Ni.Pd/c1-5-9-13-14-15-16-20-30-22-18-24-32(28-30)36-34(26-12-8-4)33(25-11-7-3)35(38(36)37)31-23-17-21-29(27-31)19-10-6-2;1-5-9-13-17-27-19-15-21-29(25-27)33-31(23-12-8-4)30(22-11-7-3)32(35(33)34)28-20-14-18-26(24-28)16-10-6-2;2*1-3-5-7-9-11-13-14-12-10-8-6-4-2;2*8-6-7-4-2-1-3-5-7;;/h17-18,21-24,27-28H,5-16,19-20,25-26H2,1-4H3;14-15,18-21,24-25H,5-13,16-17,22-23H2,1-4H3;2*1,3-14H2,2H3;2*1-5,8H,6H2;;/q;;2*-1;;;;+2. The maximum absolute atomic E-state index is 11.9. The molecule has 2 aliphatic heterocycles. The molecule has 0 aromatic heterocycles. The Kier molecular flexibility index (Phi) is 71.5. The van der Waals surface area contributed by atoms with E-state index in [1.807, 2.05) is 60.7 Å². The fourth-order valence-corrected chi connectivity index (χ4v) is 15.8. The molecule has 8 heteroatoms. The van der Waals surface area contributed by atoms with Crippen LogP contribution < -0.4 is 0 Å². The summed E-state index contributed by atoms with van der Waals surface area (Å²) in [6.07, 6.45) is 67.8. The van der Waals surface area contributed by atoms with Crippen LogP contribution in [0.3, 0.4) is 0 Å². The van der Waals surface area contributed by atoms with Crippen LogP contribution in [0.1, 0.15) is 439 Å². The number of hydrogen-bond donors (Lipinski definition) is 2. The van der Waals surface area contributed by atoms with Crippen LogP contribution in [-0.4, -0.2) is 19.6 Å². The molecule has 0 aliphatic carbocycles. The van der Waals surface area contributed by atoms with Gasteiger partial charge >= 0.3 is 20.4 Å². The molecule has 6 aromatic carbocycles. The molecule has 0 spiro atoms. The van der Waals surface area contributed by atoms with E-state index in [1.54, 1.807) is 9.39 Å². The number of aryl methyl sites for hydroxylation is 4. The summed E-state index contributed by atoms with van der Waals surface area (Å²) in [5.41, 5.74) is 45.1. The Morgan fingerprint density at radius 1 is 0.227 bits per heavy atom. The zero-order valence-electron chi connectivity index (χ0n) is 77.6. The van der Waals surface area contributed by atoms with Crippen molar-refractivity contribution in [1.29, 1.82) is 0 Å². The Labute approximate surface area is 757 Å². The van der Waals surface area contributed by atoms with Crippen molar-refractivity contribution in [3.63, 3.8) is 0 Å². The van der Waals surface area contributed by atoms with E-state index < -0.39 is 0 Å². The van der Waals surface area contributed by atoms with Gasteiger partial charge in [-0.2, -0.15) is 12.8 Å². The van der Waals surface area contributed by atoms with Gasteiger partial charge in [-0.1, -0.05) is 403 Å². The van der Waals surface area contributed by atoms with Crippen LogP contribution >= 0.6 is 0 Å². The van der Waals surface area contributed by atoms with Crippen LogP contribution in [0.4, 0.5) is 0 Å². The van der Waals surface area contributed by atoms with Crippen LogP contribution in [-0.2, 0) is 75.8 Å². The molecule has 0 fully saturated rings. The third-order valence-corrected chi connectivity index (χ3v) is 22.9. The molecule has 6 nitrogen and oxygen atoms in total. The molecule has 0 saturated carbocycles. The minimum absolute atomic E-state index is 0. The average molecular weight is 1760 g/mol. The predicted octanol–water partition coefficient (Wildman–Crippen LogP) is 35.2. The second-order valence-electron chi connectivity index (χ2n) is 33.4. The van der Waals surface area contributed by atoms with Gasteiger partial charge in [-0.3, -0.25) is 0 Å². The molecule has 119 heavy (non-hydrogen) atoms. The Balaban J connectivity index is 0.000000789. The Morgan fingerprint density at radius 3 is 0.630 bits per heavy atom. The summed E-state index contributed by atoms with van der Waals surface area (Å²) in [5.74, 6) is 0. The summed E-state index contributed by atoms with van der Waals surface area (Å²) in [6.45, 7) is 30.6. The smallest absolute Gasteiger partial charge is 0.493 e.